The summed E-state index contributed by atoms with van der Waals surface area (Å²) < 4.78 is 5.86. The third-order valence-corrected chi connectivity index (χ3v) is 4.47. The zero-order chi connectivity index (χ0) is 12.6. The Balaban J connectivity index is 2.18. The number of halogens is 2. The second-order valence-electron chi connectivity index (χ2n) is 4.77. The zero-order valence-corrected chi connectivity index (χ0v) is 11.4. The van der Waals surface area contributed by atoms with Crippen LogP contribution in [0.15, 0.2) is 18.2 Å². The largest absolute Gasteiger partial charge is 0.487 e. The van der Waals surface area contributed by atoms with Gasteiger partial charge in [0.05, 0.1) is 16.1 Å². The highest BCUT2D eigenvalue weighted by molar-refractivity contribution is 6.37. The minimum Gasteiger partial charge on any atom is -0.487 e. The van der Waals surface area contributed by atoms with Gasteiger partial charge in [0.15, 0.2) is 5.75 Å². The smallest absolute Gasteiger partial charge is 0.156 e. The van der Waals surface area contributed by atoms with Crippen LogP contribution in [0, 0.1) is 5.41 Å². The van der Waals surface area contributed by atoms with E-state index in [2.05, 4.69) is 0 Å². The first-order valence-electron chi connectivity index (χ1n) is 5.77. The lowest BCUT2D eigenvalue weighted by molar-refractivity contribution is -0.147. The van der Waals surface area contributed by atoms with Crippen molar-refractivity contribution in [2.24, 2.45) is 5.41 Å². The van der Waals surface area contributed by atoms with Crippen molar-refractivity contribution in [1.29, 1.82) is 0 Å². The molecule has 0 aliphatic heterocycles. The summed E-state index contributed by atoms with van der Waals surface area (Å²) in [6.45, 7) is 4.07. The molecule has 1 aromatic carbocycles. The number of para-hydroxylation sites is 1. The molecule has 1 aliphatic carbocycles. The Bertz CT molecular complexity index is 402. The molecule has 0 radical (unpaired) electrons. The zero-order valence-electron chi connectivity index (χ0n) is 9.91. The fourth-order valence-electron chi connectivity index (χ4n) is 2.18. The third kappa shape index (κ3) is 2.14. The Morgan fingerprint density at radius 2 is 2.00 bits per heavy atom. The van der Waals surface area contributed by atoms with Gasteiger partial charge in [0.25, 0.3) is 0 Å². The molecule has 0 amide bonds. The molecule has 0 bridgehead atoms. The van der Waals surface area contributed by atoms with Crippen LogP contribution in [0.25, 0.3) is 0 Å². The van der Waals surface area contributed by atoms with E-state index >= 15 is 0 Å². The van der Waals surface area contributed by atoms with Crippen LogP contribution in [-0.4, -0.2) is 17.3 Å². The molecule has 3 unspecified atom stereocenters. The molecule has 1 N–H and O–H groups in total. The Morgan fingerprint density at radius 1 is 1.41 bits per heavy atom. The Labute approximate surface area is 111 Å². The number of aliphatic hydroxyl groups excluding tert-OH is 1. The van der Waals surface area contributed by atoms with Crippen LogP contribution in [0.3, 0.4) is 0 Å². The van der Waals surface area contributed by atoms with Gasteiger partial charge >= 0.3 is 0 Å². The molecule has 0 saturated heterocycles. The van der Waals surface area contributed by atoms with Gasteiger partial charge in [-0.3, -0.25) is 0 Å². The van der Waals surface area contributed by atoms with Crippen molar-refractivity contribution >= 4 is 23.2 Å². The maximum absolute atomic E-state index is 9.81. The van der Waals surface area contributed by atoms with Crippen molar-refractivity contribution in [1.82, 2.24) is 0 Å². The average Bonchev–Trinajstić information content (AvgIpc) is 2.31. The normalized spacial score (nSPS) is 32.1. The predicted octanol–water partition coefficient (Wildman–Crippen LogP) is 3.92. The Hall–Kier alpha value is -0.440. The second kappa shape index (κ2) is 4.68. The number of hydrogen-bond donors (Lipinski definition) is 1. The van der Waals surface area contributed by atoms with Crippen molar-refractivity contribution in [2.75, 3.05) is 0 Å². The van der Waals surface area contributed by atoms with Crippen molar-refractivity contribution in [3.05, 3.63) is 28.2 Å². The molecule has 1 fully saturated rings. The van der Waals surface area contributed by atoms with Crippen LogP contribution in [0.1, 0.15) is 26.7 Å². The fourth-order valence-corrected chi connectivity index (χ4v) is 2.67. The Morgan fingerprint density at radius 3 is 2.47 bits per heavy atom. The van der Waals surface area contributed by atoms with Gasteiger partial charge in [0.2, 0.25) is 0 Å². The lowest BCUT2D eigenvalue weighted by Gasteiger charge is -2.50. The van der Waals surface area contributed by atoms with Crippen LogP contribution in [0.2, 0.25) is 10.0 Å². The maximum Gasteiger partial charge on any atom is 0.156 e. The van der Waals surface area contributed by atoms with E-state index in [-0.39, 0.29) is 17.6 Å². The lowest BCUT2D eigenvalue weighted by atomic mass is 9.63. The highest BCUT2D eigenvalue weighted by Gasteiger charge is 2.51. The van der Waals surface area contributed by atoms with Crippen LogP contribution >= 0.6 is 23.2 Å². The molecule has 3 atom stereocenters. The van der Waals surface area contributed by atoms with Gasteiger partial charge in [-0.15, -0.1) is 0 Å². The molecule has 2 nitrogen and oxygen atoms in total. The molecule has 4 heteroatoms. The van der Waals surface area contributed by atoms with E-state index in [1.54, 1.807) is 18.2 Å². The molecule has 0 heterocycles. The van der Waals surface area contributed by atoms with Crippen molar-refractivity contribution in [3.63, 3.8) is 0 Å². The first-order chi connectivity index (χ1) is 7.99. The summed E-state index contributed by atoms with van der Waals surface area (Å²) in [5.74, 6) is 0.521. The number of hydrogen-bond acceptors (Lipinski definition) is 2. The van der Waals surface area contributed by atoms with Gasteiger partial charge in [0.1, 0.15) is 6.10 Å². The average molecular weight is 275 g/mol. The lowest BCUT2D eigenvalue weighted by Crippen LogP contribution is -2.57. The van der Waals surface area contributed by atoms with Gasteiger partial charge in [-0.05, 0) is 18.6 Å². The van der Waals surface area contributed by atoms with Gasteiger partial charge in [0, 0.05) is 11.8 Å². The van der Waals surface area contributed by atoms with E-state index < -0.39 is 0 Å². The SMILES string of the molecule is CCC1(C)C(O)CC1Oc1c(Cl)cccc1Cl. The van der Waals surface area contributed by atoms with Gasteiger partial charge in [-0.25, -0.2) is 0 Å². The number of rotatable bonds is 3. The number of benzene rings is 1. The highest BCUT2D eigenvalue weighted by atomic mass is 35.5. The number of ether oxygens (including phenoxy) is 1. The predicted molar refractivity (Wildman–Crippen MR) is 69.9 cm³/mol. The summed E-state index contributed by atoms with van der Waals surface area (Å²) in [5, 5.41) is 10.8. The first-order valence-corrected chi connectivity index (χ1v) is 6.53. The topological polar surface area (TPSA) is 29.5 Å². The summed E-state index contributed by atoms with van der Waals surface area (Å²) in [6, 6.07) is 5.29. The van der Waals surface area contributed by atoms with Crippen molar-refractivity contribution in [3.8, 4) is 5.75 Å². The van der Waals surface area contributed by atoms with Crippen LogP contribution in [0.5, 0.6) is 5.75 Å². The quantitative estimate of drug-likeness (QED) is 0.905. The molecular weight excluding hydrogens is 259 g/mol. The van der Waals surface area contributed by atoms with E-state index in [1.807, 2.05) is 13.8 Å². The molecule has 1 aliphatic rings. The first kappa shape index (κ1) is 13.0. The minimum atomic E-state index is -0.307. The van der Waals surface area contributed by atoms with Crippen LogP contribution in [-0.2, 0) is 0 Å². The molecule has 0 aromatic heterocycles. The van der Waals surface area contributed by atoms with Crippen molar-refractivity contribution < 1.29 is 9.84 Å². The summed E-state index contributed by atoms with van der Waals surface area (Å²) >= 11 is 12.1. The second-order valence-corrected chi connectivity index (χ2v) is 5.58. The van der Waals surface area contributed by atoms with Crippen LogP contribution in [0.4, 0.5) is 0 Å². The molecule has 0 spiro atoms. The van der Waals surface area contributed by atoms with E-state index in [9.17, 15) is 5.11 Å². The van der Waals surface area contributed by atoms with Gasteiger partial charge < -0.3 is 9.84 Å². The minimum absolute atomic E-state index is 0.0279. The number of aliphatic hydroxyl groups is 1. The molecule has 94 valence electrons. The molecule has 1 saturated carbocycles. The van der Waals surface area contributed by atoms with Gasteiger partial charge in [-0.2, -0.15) is 0 Å². The van der Waals surface area contributed by atoms with Crippen molar-refractivity contribution in [2.45, 2.75) is 38.9 Å². The third-order valence-electron chi connectivity index (χ3n) is 3.87. The maximum atomic E-state index is 9.81. The van der Waals surface area contributed by atoms with E-state index in [1.165, 1.54) is 0 Å². The molecular formula is C13H16Cl2O2. The van der Waals surface area contributed by atoms with E-state index in [0.717, 1.165) is 6.42 Å². The summed E-state index contributed by atoms with van der Waals surface area (Å²) in [5.41, 5.74) is -0.206. The highest BCUT2D eigenvalue weighted by Crippen LogP contribution is 2.47. The Kier molecular flexibility index (Phi) is 3.58. The summed E-state index contributed by atoms with van der Waals surface area (Å²) in [4.78, 5) is 0. The van der Waals surface area contributed by atoms with Gasteiger partial charge in [-0.1, -0.05) is 43.1 Å². The van der Waals surface area contributed by atoms with Crippen LogP contribution < -0.4 is 4.74 Å². The standard InChI is InChI=1S/C13H16Cl2O2/c1-3-13(2)10(16)7-11(13)17-12-8(14)5-4-6-9(12)15/h4-6,10-11,16H,3,7H2,1-2H3. The fraction of sp³-hybridized carbons (Fsp3) is 0.538. The molecule has 17 heavy (non-hydrogen) atoms. The van der Waals surface area contributed by atoms with E-state index in [0.29, 0.717) is 22.2 Å². The van der Waals surface area contributed by atoms with E-state index in [4.69, 9.17) is 27.9 Å². The monoisotopic (exact) mass is 274 g/mol. The molecule has 2 rings (SSSR count). The summed E-state index contributed by atoms with van der Waals surface area (Å²) in [7, 11) is 0. The molecule has 1 aromatic rings. The summed E-state index contributed by atoms with van der Waals surface area (Å²) in [6.07, 6.45) is 1.16.